The molecule has 1 unspecified atom stereocenters. The van der Waals surface area contributed by atoms with Crippen molar-refractivity contribution < 1.29 is 4.74 Å². The fraction of sp³-hybridized carbons (Fsp3) is 0.353. The van der Waals surface area contributed by atoms with Gasteiger partial charge in [-0.05, 0) is 39.0 Å². The van der Waals surface area contributed by atoms with Gasteiger partial charge in [-0.3, -0.25) is 0 Å². The van der Waals surface area contributed by atoms with Gasteiger partial charge in [-0.1, -0.05) is 0 Å². The minimum absolute atomic E-state index is 0.170. The Morgan fingerprint density at radius 1 is 1.27 bits per heavy atom. The summed E-state index contributed by atoms with van der Waals surface area (Å²) in [6.07, 6.45) is 2.98. The van der Waals surface area contributed by atoms with E-state index in [2.05, 4.69) is 21.1 Å². The van der Waals surface area contributed by atoms with E-state index in [-0.39, 0.29) is 6.10 Å². The van der Waals surface area contributed by atoms with Gasteiger partial charge in [-0.15, -0.1) is 16.4 Å². The van der Waals surface area contributed by atoms with Crippen LogP contribution in [0.5, 0.6) is 0 Å². The summed E-state index contributed by atoms with van der Waals surface area (Å²) in [5, 5.41) is 9.87. The highest BCUT2D eigenvalue weighted by Gasteiger charge is 2.19. The predicted molar refractivity (Wildman–Crippen MR) is 98.4 cm³/mol. The van der Waals surface area contributed by atoms with Crippen LogP contribution in [0.1, 0.15) is 36.6 Å². The molecule has 0 aliphatic carbocycles. The van der Waals surface area contributed by atoms with Crippen molar-refractivity contribution in [3.8, 4) is 5.69 Å². The van der Waals surface area contributed by atoms with Crippen LogP contribution < -0.4 is 0 Å². The van der Waals surface area contributed by atoms with Gasteiger partial charge in [0.2, 0.25) is 0 Å². The lowest BCUT2D eigenvalue weighted by atomic mass is 10.3. The van der Waals surface area contributed by atoms with E-state index in [1.54, 1.807) is 22.3 Å². The lowest BCUT2D eigenvalue weighted by Gasteiger charge is -2.12. The van der Waals surface area contributed by atoms with Gasteiger partial charge in [-0.2, -0.15) is 5.10 Å². The molecule has 0 amide bonds. The first-order chi connectivity index (χ1) is 12.6. The Morgan fingerprint density at radius 2 is 2.15 bits per heavy atom. The van der Waals surface area contributed by atoms with Crippen molar-refractivity contribution in [3.05, 3.63) is 47.5 Å². The van der Waals surface area contributed by atoms with Crippen molar-refractivity contribution in [1.82, 2.24) is 34.5 Å². The SMILES string of the molecule is CCOC(C)c1nc(Cn2cncn2)nn1-c1ccc2nc(C)sc2c1. The lowest BCUT2D eigenvalue weighted by Crippen LogP contribution is -2.09. The van der Waals surface area contributed by atoms with Crippen molar-refractivity contribution in [2.45, 2.75) is 33.4 Å². The zero-order chi connectivity index (χ0) is 18.1. The molecule has 0 N–H and O–H groups in total. The van der Waals surface area contributed by atoms with Crippen LogP contribution in [0.4, 0.5) is 0 Å². The lowest BCUT2D eigenvalue weighted by molar-refractivity contribution is 0.0685. The van der Waals surface area contributed by atoms with E-state index in [1.165, 1.54) is 6.33 Å². The molecular weight excluding hydrogens is 350 g/mol. The Bertz CT molecular complexity index is 1020. The zero-order valence-electron chi connectivity index (χ0n) is 14.8. The van der Waals surface area contributed by atoms with Gasteiger partial charge >= 0.3 is 0 Å². The number of aromatic nitrogens is 7. The first-order valence-electron chi connectivity index (χ1n) is 8.41. The van der Waals surface area contributed by atoms with Crippen LogP contribution in [-0.4, -0.2) is 41.1 Å². The van der Waals surface area contributed by atoms with E-state index in [9.17, 15) is 0 Å². The zero-order valence-corrected chi connectivity index (χ0v) is 15.6. The number of thiazole rings is 1. The van der Waals surface area contributed by atoms with Crippen molar-refractivity contribution in [3.63, 3.8) is 0 Å². The summed E-state index contributed by atoms with van der Waals surface area (Å²) < 4.78 is 10.4. The standard InChI is InChI=1S/C17H19N7OS/c1-4-25-11(2)17-21-16(8-23-10-18-9-19-23)22-24(17)13-5-6-14-15(7-13)26-12(3)20-14/h5-7,9-11H,4,8H2,1-3H3. The van der Waals surface area contributed by atoms with Crippen LogP contribution in [0.25, 0.3) is 15.9 Å². The van der Waals surface area contributed by atoms with E-state index in [1.807, 2.05) is 37.6 Å². The maximum atomic E-state index is 5.76. The van der Waals surface area contributed by atoms with Gasteiger partial charge in [0.1, 0.15) is 25.3 Å². The monoisotopic (exact) mass is 369 g/mol. The van der Waals surface area contributed by atoms with Crippen molar-refractivity contribution in [2.24, 2.45) is 0 Å². The first-order valence-corrected chi connectivity index (χ1v) is 9.23. The summed E-state index contributed by atoms with van der Waals surface area (Å²) in [7, 11) is 0. The topological polar surface area (TPSA) is 83.5 Å². The molecule has 1 aromatic carbocycles. The molecule has 4 rings (SSSR count). The Labute approximate surface area is 154 Å². The average molecular weight is 369 g/mol. The van der Waals surface area contributed by atoms with E-state index < -0.39 is 0 Å². The summed E-state index contributed by atoms with van der Waals surface area (Å²) in [5.74, 6) is 1.43. The maximum absolute atomic E-state index is 5.76. The second-order valence-electron chi connectivity index (χ2n) is 5.87. The highest BCUT2D eigenvalue weighted by atomic mass is 32.1. The number of benzene rings is 1. The second kappa shape index (κ2) is 6.93. The molecule has 9 heteroatoms. The van der Waals surface area contributed by atoms with Crippen LogP contribution in [0.15, 0.2) is 30.9 Å². The normalized spacial score (nSPS) is 12.7. The molecule has 134 valence electrons. The molecule has 3 heterocycles. The third-order valence-corrected chi connectivity index (χ3v) is 4.88. The van der Waals surface area contributed by atoms with Crippen molar-refractivity contribution in [1.29, 1.82) is 0 Å². The fourth-order valence-electron chi connectivity index (χ4n) is 2.83. The maximum Gasteiger partial charge on any atom is 0.172 e. The summed E-state index contributed by atoms with van der Waals surface area (Å²) >= 11 is 1.67. The highest BCUT2D eigenvalue weighted by molar-refractivity contribution is 7.18. The van der Waals surface area contributed by atoms with Gasteiger partial charge in [0.15, 0.2) is 11.6 Å². The van der Waals surface area contributed by atoms with Crippen LogP contribution in [-0.2, 0) is 11.3 Å². The number of rotatable bonds is 6. The number of hydrogen-bond donors (Lipinski definition) is 0. The molecule has 0 bridgehead atoms. The second-order valence-corrected chi connectivity index (χ2v) is 7.11. The van der Waals surface area contributed by atoms with Gasteiger partial charge in [0, 0.05) is 6.61 Å². The average Bonchev–Trinajstić information content (AvgIpc) is 3.33. The molecule has 0 aliphatic rings. The Hall–Kier alpha value is -2.65. The number of ether oxygens (including phenoxy) is 1. The third kappa shape index (κ3) is 3.23. The van der Waals surface area contributed by atoms with Gasteiger partial charge in [0.25, 0.3) is 0 Å². The van der Waals surface area contributed by atoms with Gasteiger partial charge in [-0.25, -0.2) is 24.3 Å². The molecular formula is C17H19N7OS. The molecule has 0 radical (unpaired) electrons. The molecule has 1 atom stereocenters. The van der Waals surface area contributed by atoms with E-state index in [0.717, 1.165) is 26.7 Å². The summed E-state index contributed by atoms with van der Waals surface area (Å²) in [5.41, 5.74) is 1.94. The molecule has 8 nitrogen and oxygen atoms in total. The number of nitrogens with zero attached hydrogens (tertiary/aromatic N) is 7. The Kier molecular flexibility index (Phi) is 4.48. The molecule has 26 heavy (non-hydrogen) atoms. The van der Waals surface area contributed by atoms with Crippen LogP contribution >= 0.6 is 11.3 Å². The smallest absolute Gasteiger partial charge is 0.172 e. The molecule has 0 aliphatic heterocycles. The molecule has 0 saturated carbocycles. The number of hydrogen-bond acceptors (Lipinski definition) is 7. The minimum atomic E-state index is -0.170. The molecule has 4 aromatic rings. The number of aryl methyl sites for hydroxylation is 1. The van der Waals surface area contributed by atoms with Gasteiger partial charge < -0.3 is 4.74 Å². The Balaban J connectivity index is 1.77. The third-order valence-electron chi connectivity index (χ3n) is 3.95. The molecule has 0 saturated heterocycles. The Morgan fingerprint density at radius 3 is 2.92 bits per heavy atom. The quantitative estimate of drug-likeness (QED) is 0.520. The molecule has 3 aromatic heterocycles. The summed E-state index contributed by atoms with van der Waals surface area (Å²) in [4.78, 5) is 13.2. The van der Waals surface area contributed by atoms with E-state index in [4.69, 9.17) is 14.8 Å². The van der Waals surface area contributed by atoms with Crippen LogP contribution in [0, 0.1) is 6.92 Å². The predicted octanol–water partition coefficient (Wildman–Crippen LogP) is 2.92. The van der Waals surface area contributed by atoms with Crippen LogP contribution in [0.3, 0.4) is 0 Å². The molecule has 0 fully saturated rings. The summed E-state index contributed by atoms with van der Waals surface area (Å²) in [6.45, 7) is 7.04. The summed E-state index contributed by atoms with van der Waals surface area (Å²) in [6, 6.07) is 6.12. The number of fused-ring (bicyclic) bond motifs is 1. The van der Waals surface area contributed by atoms with Crippen molar-refractivity contribution in [2.75, 3.05) is 6.61 Å². The van der Waals surface area contributed by atoms with Gasteiger partial charge in [0.05, 0.1) is 20.9 Å². The fourth-order valence-corrected chi connectivity index (χ4v) is 3.69. The largest absolute Gasteiger partial charge is 0.371 e. The molecule has 0 spiro atoms. The van der Waals surface area contributed by atoms with E-state index in [0.29, 0.717) is 19.0 Å². The minimum Gasteiger partial charge on any atom is -0.371 e. The van der Waals surface area contributed by atoms with Crippen molar-refractivity contribution >= 4 is 21.6 Å². The van der Waals surface area contributed by atoms with E-state index >= 15 is 0 Å². The van der Waals surface area contributed by atoms with Crippen LogP contribution in [0.2, 0.25) is 0 Å². The highest BCUT2D eigenvalue weighted by Crippen LogP contribution is 2.26. The first kappa shape index (κ1) is 16.8.